The van der Waals surface area contributed by atoms with Crippen LogP contribution in [0.15, 0.2) is 294 Å². The van der Waals surface area contributed by atoms with E-state index < -0.39 is 0 Å². The van der Waals surface area contributed by atoms with E-state index in [1.165, 1.54) is 44.5 Å². The second-order valence-corrected chi connectivity index (χ2v) is 20.5. The Morgan fingerprint density at radius 1 is 0.228 bits per heavy atom. The molecule has 0 saturated heterocycles. The van der Waals surface area contributed by atoms with E-state index in [0.717, 1.165) is 105 Å². The smallest absolute Gasteiger partial charge is 0.142 e. The number of hydrogen-bond acceptors (Lipinski definition) is 4. The highest BCUT2D eigenvalue weighted by Gasteiger charge is 2.21. The molecule has 0 saturated carbocycles. The molecule has 0 N–H and O–H groups in total. The molecule has 4 nitrogen and oxygen atoms in total. The monoisotopic (exact) mass is 1010 g/mol. The quantitative estimate of drug-likeness (QED) is 0.137. The maximum atomic E-state index is 6.86. The Hall–Kier alpha value is -10.4. The third-order valence-corrected chi connectivity index (χ3v) is 15.8. The zero-order chi connectivity index (χ0) is 52.4. The lowest BCUT2D eigenvalue weighted by Gasteiger charge is -2.26. The predicted octanol–water partition coefficient (Wildman–Crippen LogP) is 21.7. The van der Waals surface area contributed by atoms with Gasteiger partial charge in [-0.05, 0) is 176 Å². The fraction of sp³-hybridized carbons (Fsp3) is 0.0133. The minimum absolute atomic E-state index is 0.842. The number of rotatable bonds is 10. The van der Waals surface area contributed by atoms with Gasteiger partial charge in [-0.3, -0.25) is 0 Å². The highest BCUT2D eigenvalue weighted by atomic mass is 16.3. The average molecular weight is 1010 g/mol. The van der Waals surface area contributed by atoms with Gasteiger partial charge in [0.25, 0.3) is 0 Å². The second kappa shape index (κ2) is 19.0. The first-order valence-corrected chi connectivity index (χ1v) is 26.9. The number of fused-ring (bicyclic) bond motifs is 8. The molecule has 0 fully saturated rings. The Kier molecular flexibility index (Phi) is 11.0. The van der Waals surface area contributed by atoms with Crippen molar-refractivity contribution in [3.63, 3.8) is 0 Å². The standard InChI is InChI=1S/C75H50N2O2/c1-49-74-70(68-44-58-30-40-66(42-60(58)46-72(68)78-74)76(62-32-22-54(23-33-62)50-14-6-2-7-15-50)63-34-24-55(25-35-63)51-16-8-3-9-17-51)48-71-69-45-59-31-41-67(43-61(59)47-73(69)79-75(49)71)77(64-36-26-56(27-37-64)52-18-10-4-11-19-52)65-38-28-57(29-39-65)53-20-12-5-13-21-53/h2-48H,1H3. The number of hydrogen-bond donors (Lipinski definition) is 0. The molecular formula is C75H50N2O2. The van der Waals surface area contributed by atoms with Crippen LogP contribution in [0.3, 0.4) is 0 Å². The average Bonchev–Trinajstić information content (AvgIpc) is 4.25. The van der Waals surface area contributed by atoms with E-state index >= 15 is 0 Å². The molecule has 0 aliphatic carbocycles. The van der Waals surface area contributed by atoms with Crippen LogP contribution in [0.5, 0.6) is 0 Å². The SMILES string of the molecule is Cc1c2oc3cc4cc(N(c5ccc(-c6ccccc6)cc5)c5ccc(-c6ccccc6)cc5)ccc4cc3c2cc2c1oc1cc3cc(N(c4ccc(-c5ccccc5)cc4)c4ccc(-c5ccccc5)cc4)ccc3cc12. The molecule has 0 unspecified atom stereocenters. The van der Waals surface area contributed by atoms with Gasteiger partial charge in [-0.15, -0.1) is 0 Å². The van der Waals surface area contributed by atoms with Gasteiger partial charge in [0, 0.05) is 61.2 Å². The summed E-state index contributed by atoms with van der Waals surface area (Å²) < 4.78 is 13.7. The van der Waals surface area contributed by atoms with Crippen LogP contribution in [0, 0.1) is 6.92 Å². The number of nitrogens with zero attached hydrogens (tertiary/aromatic N) is 2. The van der Waals surface area contributed by atoms with Crippen LogP contribution in [0.25, 0.3) is 110 Å². The third-order valence-electron chi connectivity index (χ3n) is 15.8. The molecule has 0 aliphatic heterocycles. The molecule has 15 rings (SSSR count). The number of benzene rings is 13. The van der Waals surface area contributed by atoms with Crippen molar-refractivity contribution in [1.82, 2.24) is 0 Å². The zero-order valence-corrected chi connectivity index (χ0v) is 43.3. The van der Waals surface area contributed by atoms with Gasteiger partial charge in [-0.2, -0.15) is 0 Å². The Morgan fingerprint density at radius 2 is 0.506 bits per heavy atom. The van der Waals surface area contributed by atoms with Gasteiger partial charge < -0.3 is 18.6 Å². The molecule has 0 spiro atoms. The van der Waals surface area contributed by atoms with E-state index in [0.29, 0.717) is 0 Å². The van der Waals surface area contributed by atoms with E-state index in [2.05, 4.69) is 302 Å². The lowest BCUT2D eigenvalue weighted by atomic mass is 10.0. The summed E-state index contributed by atoms with van der Waals surface area (Å²) >= 11 is 0. The number of aryl methyl sites for hydroxylation is 1. The molecule has 2 heterocycles. The van der Waals surface area contributed by atoms with Crippen LogP contribution in [0.4, 0.5) is 34.1 Å². The van der Waals surface area contributed by atoms with Gasteiger partial charge >= 0.3 is 0 Å². The van der Waals surface area contributed by atoms with Crippen LogP contribution in [0.1, 0.15) is 5.56 Å². The largest absolute Gasteiger partial charge is 0.456 e. The Balaban J connectivity index is 0.797. The van der Waals surface area contributed by atoms with E-state index in [-0.39, 0.29) is 0 Å². The van der Waals surface area contributed by atoms with Crippen molar-refractivity contribution in [3.05, 3.63) is 291 Å². The van der Waals surface area contributed by atoms with Crippen molar-refractivity contribution < 1.29 is 8.83 Å². The van der Waals surface area contributed by atoms with E-state index in [1.54, 1.807) is 0 Å². The number of anilines is 6. The van der Waals surface area contributed by atoms with Crippen LogP contribution >= 0.6 is 0 Å². The van der Waals surface area contributed by atoms with Crippen molar-refractivity contribution in [2.24, 2.45) is 0 Å². The molecule has 79 heavy (non-hydrogen) atoms. The zero-order valence-electron chi connectivity index (χ0n) is 43.3. The molecule has 0 bridgehead atoms. The van der Waals surface area contributed by atoms with Gasteiger partial charge in [0.2, 0.25) is 0 Å². The van der Waals surface area contributed by atoms with E-state index in [4.69, 9.17) is 8.83 Å². The fourth-order valence-electron chi connectivity index (χ4n) is 11.7. The summed E-state index contributed by atoms with van der Waals surface area (Å²) in [5.41, 5.74) is 20.3. The molecular weight excluding hydrogens is 961 g/mol. The van der Waals surface area contributed by atoms with Crippen LogP contribution in [-0.4, -0.2) is 0 Å². The van der Waals surface area contributed by atoms with Crippen molar-refractivity contribution in [2.75, 3.05) is 9.80 Å². The lowest BCUT2D eigenvalue weighted by Crippen LogP contribution is -2.09. The molecule has 0 atom stereocenters. The normalized spacial score (nSPS) is 11.6. The summed E-state index contributed by atoms with van der Waals surface area (Å²) in [4.78, 5) is 4.68. The Bertz CT molecular complexity index is 4250. The fourth-order valence-corrected chi connectivity index (χ4v) is 11.7. The lowest BCUT2D eigenvalue weighted by molar-refractivity contribution is 0.651. The molecule has 0 radical (unpaired) electrons. The summed E-state index contributed by atoms with van der Waals surface area (Å²) in [6.45, 7) is 2.12. The number of furan rings is 2. The summed E-state index contributed by atoms with van der Waals surface area (Å²) in [5, 5.41) is 8.80. The van der Waals surface area contributed by atoms with Gasteiger partial charge in [0.15, 0.2) is 0 Å². The summed E-state index contributed by atoms with van der Waals surface area (Å²) in [7, 11) is 0. The Morgan fingerprint density at radius 3 is 0.810 bits per heavy atom. The maximum absolute atomic E-state index is 6.86. The van der Waals surface area contributed by atoms with E-state index in [1.807, 2.05) is 0 Å². The molecule has 372 valence electrons. The second-order valence-electron chi connectivity index (χ2n) is 20.5. The molecule has 4 heteroatoms. The molecule has 15 aromatic rings. The maximum Gasteiger partial charge on any atom is 0.142 e. The van der Waals surface area contributed by atoms with Crippen molar-refractivity contribution >= 4 is 99.5 Å². The summed E-state index contributed by atoms with van der Waals surface area (Å²) in [6.07, 6.45) is 0. The third kappa shape index (κ3) is 8.26. The van der Waals surface area contributed by atoms with Crippen LogP contribution in [0.2, 0.25) is 0 Å². The Labute approximate surface area is 457 Å². The van der Waals surface area contributed by atoms with Crippen molar-refractivity contribution in [1.29, 1.82) is 0 Å². The van der Waals surface area contributed by atoms with Crippen molar-refractivity contribution in [2.45, 2.75) is 6.92 Å². The van der Waals surface area contributed by atoms with Gasteiger partial charge in [0.05, 0.1) is 0 Å². The first kappa shape index (κ1) is 45.9. The highest BCUT2D eigenvalue weighted by molar-refractivity contribution is 6.20. The molecule has 0 amide bonds. The summed E-state index contributed by atoms with van der Waals surface area (Å²) in [6, 6.07) is 102. The first-order chi connectivity index (χ1) is 39.0. The van der Waals surface area contributed by atoms with E-state index in [9.17, 15) is 0 Å². The topological polar surface area (TPSA) is 32.8 Å². The van der Waals surface area contributed by atoms with Crippen LogP contribution in [-0.2, 0) is 0 Å². The first-order valence-electron chi connectivity index (χ1n) is 26.9. The predicted molar refractivity (Wildman–Crippen MR) is 332 cm³/mol. The van der Waals surface area contributed by atoms with Gasteiger partial charge in [-0.1, -0.05) is 182 Å². The van der Waals surface area contributed by atoms with Crippen LogP contribution < -0.4 is 9.80 Å². The van der Waals surface area contributed by atoms with Gasteiger partial charge in [-0.25, -0.2) is 0 Å². The minimum atomic E-state index is 0.842. The van der Waals surface area contributed by atoms with Crippen molar-refractivity contribution in [3.8, 4) is 44.5 Å². The molecule has 13 aromatic carbocycles. The van der Waals surface area contributed by atoms with Gasteiger partial charge in [0.1, 0.15) is 22.3 Å². The summed E-state index contributed by atoms with van der Waals surface area (Å²) in [5.74, 6) is 0. The molecule has 2 aromatic heterocycles. The highest BCUT2D eigenvalue weighted by Crippen LogP contribution is 2.45. The molecule has 0 aliphatic rings. The minimum Gasteiger partial charge on any atom is -0.456 e.